The SMILES string of the molecule is CCCCCCCCCCCCCC(=O)OC1(O[C@H]2[C@H](O)[C@@H](O)C(O[C@H]3[C@H](O)[C@@H](O)[C@@H](O)O[C@@H]3CO)O[C@@H]2CO)O[C@H](CO)[C@@H](O)[C@H](O)[C@H]1O. The number of carbonyl (C=O) groups is 1. The van der Waals surface area contributed by atoms with Gasteiger partial charge in [-0.25, -0.2) is 0 Å². The molecule has 3 rings (SSSR count). The minimum absolute atomic E-state index is 0.176. The van der Waals surface area contributed by atoms with Crippen molar-refractivity contribution in [1.29, 1.82) is 0 Å². The zero-order chi connectivity index (χ0) is 37.0. The molecule has 0 aromatic heterocycles. The molecule has 11 N–H and O–H groups in total. The van der Waals surface area contributed by atoms with Gasteiger partial charge in [0.1, 0.15) is 67.1 Å². The number of hydrogen-bond acceptors (Lipinski definition) is 18. The molecule has 18 nitrogen and oxygen atoms in total. The highest BCUT2D eigenvalue weighted by atomic mass is 16.9. The molecule has 0 bridgehead atoms. The van der Waals surface area contributed by atoms with E-state index in [0.29, 0.717) is 12.8 Å². The van der Waals surface area contributed by atoms with E-state index >= 15 is 0 Å². The van der Waals surface area contributed by atoms with Crippen molar-refractivity contribution in [3.63, 3.8) is 0 Å². The second-order valence-electron chi connectivity index (χ2n) is 13.2. The smallest absolute Gasteiger partial charge is 0.360 e. The van der Waals surface area contributed by atoms with Crippen LogP contribution in [0.4, 0.5) is 0 Å². The summed E-state index contributed by atoms with van der Waals surface area (Å²) in [5.74, 6) is -3.94. The van der Waals surface area contributed by atoms with Crippen LogP contribution >= 0.6 is 0 Å². The second kappa shape index (κ2) is 20.9. The van der Waals surface area contributed by atoms with E-state index in [-0.39, 0.29) is 6.42 Å². The van der Waals surface area contributed by atoms with E-state index in [9.17, 15) is 61.0 Å². The molecule has 0 aromatic rings. The topological polar surface area (TPSA) is 295 Å². The Morgan fingerprint density at radius 2 is 1.12 bits per heavy atom. The van der Waals surface area contributed by atoms with E-state index in [1.165, 1.54) is 32.1 Å². The first kappa shape index (κ1) is 43.2. The van der Waals surface area contributed by atoms with Gasteiger partial charge in [-0.3, -0.25) is 4.79 Å². The van der Waals surface area contributed by atoms with E-state index in [0.717, 1.165) is 25.7 Å². The van der Waals surface area contributed by atoms with Crippen molar-refractivity contribution in [3.05, 3.63) is 0 Å². The van der Waals surface area contributed by atoms with E-state index in [1.54, 1.807) is 0 Å². The molecular formula is C32H58O18. The summed E-state index contributed by atoms with van der Waals surface area (Å²) in [5, 5.41) is 114. The van der Waals surface area contributed by atoms with Crippen LogP contribution in [0.3, 0.4) is 0 Å². The molecular weight excluding hydrogens is 672 g/mol. The van der Waals surface area contributed by atoms with Crippen molar-refractivity contribution in [2.75, 3.05) is 19.8 Å². The van der Waals surface area contributed by atoms with Gasteiger partial charge in [0.2, 0.25) is 0 Å². The third-order valence-corrected chi connectivity index (χ3v) is 9.40. The summed E-state index contributed by atoms with van der Waals surface area (Å²) in [6.07, 6.45) is -15.1. The highest BCUT2D eigenvalue weighted by Gasteiger charge is 2.61. The Hall–Kier alpha value is -1.17. The normalized spacial score (nSPS) is 40.9. The molecule has 3 saturated heterocycles. The Balaban J connectivity index is 1.68. The third kappa shape index (κ3) is 10.9. The van der Waals surface area contributed by atoms with Gasteiger partial charge in [-0.1, -0.05) is 71.1 Å². The van der Waals surface area contributed by atoms with Gasteiger partial charge in [-0.2, -0.15) is 0 Å². The molecule has 15 atom stereocenters. The van der Waals surface area contributed by atoms with E-state index in [1.807, 2.05) is 0 Å². The molecule has 2 unspecified atom stereocenters. The van der Waals surface area contributed by atoms with Gasteiger partial charge < -0.3 is 84.6 Å². The predicted molar refractivity (Wildman–Crippen MR) is 167 cm³/mol. The van der Waals surface area contributed by atoms with Crippen molar-refractivity contribution in [1.82, 2.24) is 0 Å². The number of rotatable bonds is 20. The Bertz CT molecular complexity index is 971. The minimum atomic E-state index is -2.98. The van der Waals surface area contributed by atoms with E-state index in [4.69, 9.17) is 28.4 Å². The first-order valence-electron chi connectivity index (χ1n) is 17.7. The maximum atomic E-state index is 13.1. The van der Waals surface area contributed by atoms with Crippen LogP contribution in [0.15, 0.2) is 0 Å². The lowest BCUT2D eigenvalue weighted by Crippen LogP contribution is -2.71. The molecule has 3 aliphatic rings. The van der Waals surface area contributed by atoms with Crippen LogP contribution < -0.4 is 0 Å². The summed E-state index contributed by atoms with van der Waals surface area (Å²) < 4.78 is 32.8. The van der Waals surface area contributed by atoms with Crippen LogP contribution in [0.25, 0.3) is 0 Å². The minimum Gasteiger partial charge on any atom is -0.405 e. The molecule has 0 aromatic carbocycles. The van der Waals surface area contributed by atoms with E-state index < -0.39 is 118 Å². The molecule has 294 valence electrons. The van der Waals surface area contributed by atoms with Crippen LogP contribution in [0.5, 0.6) is 0 Å². The maximum absolute atomic E-state index is 13.1. The van der Waals surface area contributed by atoms with Crippen molar-refractivity contribution < 1.29 is 89.4 Å². The van der Waals surface area contributed by atoms with Crippen LogP contribution in [-0.2, 0) is 33.2 Å². The van der Waals surface area contributed by atoms with Crippen LogP contribution in [0.1, 0.15) is 84.0 Å². The fourth-order valence-corrected chi connectivity index (χ4v) is 6.35. The lowest BCUT2D eigenvalue weighted by Gasteiger charge is -2.51. The molecule has 0 radical (unpaired) electrons. The third-order valence-electron chi connectivity index (χ3n) is 9.40. The van der Waals surface area contributed by atoms with Gasteiger partial charge in [0.15, 0.2) is 18.7 Å². The molecule has 0 amide bonds. The lowest BCUT2D eigenvalue weighted by molar-refractivity contribution is -0.473. The predicted octanol–water partition coefficient (Wildman–Crippen LogP) is -3.00. The molecule has 18 heteroatoms. The number of hydrogen-bond donors (Lipinski definition) is 11. The number of aliphatic hydroxyl groups excluding tert-OH is 11. The van der Waals surface area contributed by atoms with Crippen LogP contribution in [-0.4, -0.2) is 174 Å². The largest absolute Gasteiger partial charge is 0.405 e. The summed E-state index contributed by atoms with van der Waals surface area (Å²) in [4.78, 5) is 13.1. The average Bonchev–Trinajstić information content (AvgIpc) is 3.10. The lowest BCUT2D eigenvalue weighted by atomic mass is 9.95. The van der Waals surface area contributed by atoms with Crippen molar-refractivity contribution in [2.24, 2.45) is 0 Å². The fourth-order valence-electron chi connectivity index (χ4n) is 6.35. The highest BCUT2D eigenvalue weighted by Crippen LogP contribution is 2.38. The monoisotopic (exact) mass is 730 g/mol. The first-order chi connectivity index (χ1) is 23.8. The summed E-state index contributed by atoms with van der Waals surface area (Å²) in [7, 11) is 0. The maximum Gasteiger partial charge on any atom is 0.360 e. The van der Waals surface area contributed by atoms with Gasteiger partial charge >= 0.3 is 11.9 Å². The number of carbonyl (C=O) groups excluding carboxylic acids is 1. The molecule has 3 aliphatic heterocycles. The summed E-state index contributed by atoms with van der Waals surface area (Å²) in [5.41, 5.74) is 0. The number of unbranched alkanes of at least 4 members (excludes halogenated alkanes) is 10. The molecule has 3 heterocycles. The van der Waals surface area contributed by atoms with E-state index in [2.05, 4.69) is 6.92 Å². The van der Waals surface area contributed by atoms with Gasteiger partial charge in [-0.05, 0) is 6.42 Å². The Morgan fingerprint density at radius 3 is 1.68 bits per heavy atom. The standard InChI is InChI=1S/C32H58O18/c1-2-3-4-5-6-7-8-9-10-11-12-13-20(36)49-32(29(43)24(40)21(37)17(14-33)48-32)50-28-19(16-35)46-31(26(42)23(28)39)47-27-18(15-34)45-30(44)25(41)22(27)38/h17-19,21-31,33-35,37-44H,2-16H2,1H3/t17-,18-,19-,21-,22-,23-,24+,25-,26-,27-,28-,29-,30+,31?,32?/m1/s1. The summed E-state index contributed by atoms with van der Waals surface area (Å²) in [6, 6.07) is 0. The summed E-state index contributed by atoms with van der Waals surface area (Å²) >= 11 is 0. The second-order valence-corrected chi connectivity index (χ2v) is 13.2. The summed E-state index contributed by atoms with van der Waals surface area (Å²) in [6.45, 7) is -0.535. The molecule has 0 saturated carbocycles. The number of esters is 1. The zero-order valence-corrected chi connectivity index (χ0v) is 28.5. The number of ether oxygens (including phenoxy) is 6. The van der Waals surface area contributed by atoms with Crippen LogP contribution in [0.2, 0.25) is 0 Å². The molecule has 3 fully saturated rings. The number of aliphatic hydroxyl groups is 11. The van der Waals surface area contributed by atoms with Gasteiger partial charge in [-0.15, -0.1) is 0 Å². The Labute approximate surface area is 291 Å². The average molecular weight is 731 g/mol. The fraction of sp³-hybridized carbons (Fsp3) is 0.969. The molecule has 50 heavy (non-hydrogen) atoms. The van der Waals surface area contributed by atoms with Gasteiger partial charge in [0.05, 0.1) is 19.8 Å². The van der Waals surface area contributed by atoms with Crippen molar-refractivity contribution in [3.8, 4) is 0 Å². The van der Waals surface area contributed by atoms with Gasteiger partial charge in [0, 0.05) is 6.42 Å². The van der Waals surface area contributed by atoms with Crippen LogP contribution in [0, 0.1) is 0 Å². The highest BCUT2D eigenvalue weighted by molar-refractivity contribution is 5.69. The van der Waals surface area contributed by atoms with Crippen molar-refractivity contribution >= 4 is 5.97 Å². The molecule has 0 aliphatic carbocycles. The van der Waals surface area contributed by atoms with Crippen molar-refractivity contribution in [2.45, 2.75) is 176 Å². The Kier molecular flexibility index (Phi) is 18.1. The van der Waals surface area contributed by atoms with Gasteiger partial charge in [0.25, 0.3) is 0 Å². The quantitative estimate of drug-likeness (QED) is 0.0338. The molecule has 0 spiro atoms. The zero-order valence-electron chi connectivity index (χ0n) is 28.5. The Morgan fingerprint density at radius 1 is 0.600 bits per heavy atom. The first-order valence-corrected chi connectivity index (χ1v) is 17.7.